The van der Waals surface area contributed by atoms with Gasteiger partial charge in [-0.15, -0.1) is 11.3 Å². The number of hydrogen-bond acceptors (Lipinski definition) is 3. The Kier molecular flexibility index (Phi) is 2.87. The number of thiophene rings is 1. The molecule has 2 aromatic rings. The Morgan fingerprint density at radius 3 is 2.73 bits per heavy atom. The first kappa shape index (κ1) is 11.1. The van der Waals surface area contributed by atoms with E-state index in [0.29, 0.717) is 0 Å². The van der Waals surface area contributed by atoms with Crippen molar-refractivity contribution < 1.29 is 8.42 Å². The summed E-state index contributed by atoms with van der Waals surface area (Å²) in [6.07, 6.45) is 1.26. The number of sulfone groups is 1. The predicted octanol–water partition coefficient (Wildman–Crippen LogP) is 3.21. The Morgan fingerprint density at radius 2 is 2.13 bits per heavy atom. The van der Waals surface area contributed by atoms with Crippen molar-refractivity contribution in [3.63, 3.8) is 0 Å². The van der Waals surface area contributed by atoms with Crippen molar-refractivity contribution >= 4 is 47.2 Å². The molecule has 0 aliphatic rings. The molecule has 0 spiro atoms. The van der Waals surface area contributed by atoms with Crippen LogP contribution < -0.4 is 0 Å². The third-order valence-corrected chi connectivity index (χ3v) is 5.08. The summed E-state index contributed by atoms with van der Waals surface area (Å²) in [7, 11) is -2.94. The third kappa shape index (κ3) is 2.59. The maximum absolute atomic E-state index is 11.2. The van der Waals surface area contributed by atoms with Crippen molar-refractivity contribution in [2.45, 2.75) is 5.75 Å². The van der Waals surface area contributed by atoms with Crippen molar-refractivity contribution in [3.05, 3.63) is 33.6 Å². The van der Waals surface area contributed by atoms with E-state index in [1.807, 2.05) is 24.3 Å². The van der Waals surface area contributed by atoms with Crippen LogP contribution in [0.2, 0.25) is 0 Å². The number of rotatable bonds is 2. The molecule has 0 fully saturated rings. The number of hydrogen-bond donors (Lipinski definition) is 0. The number of fused-ring (bicyclic) bond motifs is 1. The lowest BCUT2D eigenvalue weighted by Gasteiger charge is -1.91. The summed E-state index contributed by atoms with van der Waals surface area (Å²) in [4.78, 5) is 0.888. The van der Waals surface area contributed by atoms with Gasteiger partial charge in [-0.05, 0) is 33.4 Å². The van der Waals surface area contributed by atoms with Gasteiger partial charge in [-0.25, -0.2) is 8.42 Å². The molecule has 0 atom stereocenters. The topological polar surface area (TPSA) is 34.1 Å². The van der Waals surface area contributed by atoms with Crippen molar-refractivity contribution in [2.75, 3.05) is 6.26 Å². The molecule has 80 valence electrons. The van der Waals surface area contributed by atoms with Crippen molar-refractivity contribution in [2.24, 2.45) is 0 Å². The van der Waals surface area contributed by atoms with E-state index < -0.39 is 9.84 Å². The molecule has 0 unspecified atom stereocenters. The first-order chi connectivity index (χ1) is 6.96. The van der Waals surface area contributed by atoms with Crippen LogP contribution in [0.1, 0.15) is 4.88 Å². The zero-order valence-corrected chi connectivity index (χ0v) is 11.2. The van der Waals surface area contributed by atoms with Gasteiger partial charge in [0, 0.05) is 20.3 Å². The molecule has 2 rings (SSSR count). The highest BCUT2D eigenvalue weighted by molar-refractivity contribution is 9.10. The van der Waals surface area contributed by atoms with Gasteiger partial charge >= 0.3 is 0 Å². The predicted molar refractivity (Wildman–Crippen MR) is 68.1 cm³/mol. The van der Waals surface area contributed by atoms with E-state index in [9.17, 15) is 8.42 Å². The van der Waals surface area contributed by atoms with Gasteiger partial charge in [-0.1, -0.05) is 12.1 Å². The summed E-state index contributed by atoms with van der Waals surface area (Å²) < 4.78 is 24.4. The fourth-order valence-electron chi connectivity index (χ4n) is 1.41. The SMILES string of the molecule is CS(=O)(=O)Cc1cc2cccc(Br)c2s1. The van der Waals surface area contributed by atoms with E-state index >= 15 is 0 Å². The molecule has 0 bridgehead atoms. The molecule has 0 amide bonds. The minimum absolute atomic E-state index is 0.124. The molecule has 0 saturated heterocycles. The minimum Gasteiger partial charge on any atom is -0.229 e. The summed E-state index contributed by atoms with van der Waals surface area (Å²) >= 11 is 4.98. The smallest absolute Gasteiger partial charge is 0.152 e. The third-order valence-electron chi connectivity index (χ3n) is 1.95. The quantitative estimate of drug-likeness (QED) is 0.854. The van der Waals surface area contributed by atoms with Crippen LogP contribution in [0.25, 0.3) is 10.1 Å². The van der Waals surface area contributed by atoms with Crippen LogP contribution in [-0.2, 0) is 15.6 Å². The van der Waals surface area contributed by atoms with E-state index in [2.05, 4.69) is 15.9 Å². The number of halogens is 1. The van der Waals surface area contributed by atoms with Gasteiger partial charge in [0.2, 0.25) is 0 Å². The lowest BCUT2D eigenvalue weighted by molar-refractivity contribution is 0.601. The highest BCUT2D eigenvalue weighted by Gasteiger charge is 2.09. The van der Waals surface area contributed by atoms with Crippen LogP contribution in [0.15, 0.2) is 28.7 Å². The van der Waals surface area contributed by atoms with Crippen LogP contribution in [0.5, 0.6) is 0 Å². The van der Waals surface area contributed by atoms with Crippen LogP contribution in [0.3, 0.4) is 0 Å². The van der Waals surface area contributed by atoms with Crippen LogP contribution in [-0.4, -0.2) is 14.7 Å². The van der Waals surface area contributed by atoms with Crippen molar-refractivity contribution in [1.29, 1.82) is 0 Å². The van der Waals surface area contributed by atoms with E-state index in [4.69, 9.17) is 0 Å². The molecule has 0 N–H and O–H groups in total. The maximum Gasteiger partial charge on any atom is 0.152 e. The van der Waals surface area contributed by atoms with Crippen LogP contribution in [0.4, 0.5) is 0 Å². The summed E-state index contributed by atoms with van der Waals surface area (Å²) in [5, 5.41) is 1.09. The highest BCUT2D eigenvalue weighted by Crippen LogP contribution is 2.32. The van der Waals surface area contributed by atoms with E-state index in [0.717, 1.165) is 19.4 Å². The summed E-state index contributed by atoms with van der Waals surface area (Å²) in [6, 6.07) is 7.83. The van der Waals surface area contributed by atoms with Gasteiger partial charge in [0.25, 0.3) is 0 Å². The largest absolute Gasteiger partial charge is 0.229 e. The van der Waals surface area contributed by atoms with E-state index in [1.165, 1.54) is 17.6 Å². The normalized spacial score (nSPS) is 12.1. The van der Waals surface area contributed by atoms with Crippen molar-refractivity contribution in [1.82, 2.24) is 0 Å². The summed E-state index contributed by atoms with van der Waals surface area (Å²) in [6.45, 7) is 0. The first-order valence-corrected chi connectivity index (χ1v) is 7.97. The van der Waals surface area contributed by atoms with Crippen LogP contribution >= 0.6 is 27.3 Å². The zero-order valence-electron chi connectivity index (χ0n) is 8.03. The van der Waals surface area contributed by atoms with Gasteiger partial charge in [0.05, 0.1) is 5.75 Å². The van der Waals surface area contributed by atoms with E-state index in [1.54, 1.807) is 0 Å². The molecule has 2 nitrogen and oxygen atoms in total. The molecule has 1 heterocycles. The second-order valence-corrected chi connectivity index (χ2v) is 7.57. The Balaban J connectivity index is 2.53. The molecule has 15 heavy (non-hydrogen) atoms. The molecule has 0 radical (unpaired) electrons. The minimum atomic E-state index is -2.94. The number of benzene rings is 1. The van der Waals surface area contributed by atoms with Gasteiger partial charge < -0.3 is 0 Å². The van der Waals surface area contributed by atoms with E-state index in [-0.39, 0.29) is 5.75 Å². The fraction of sp³-hybridized carbons (Fsp3) is 0.200. The summed E-state index contributed by atoms with van der Waals surface area (Å²) in [5.74, 6) is 0.124. The Morgan fingerprint density at radius 1 is 1.40 bits per heavy atom. The second kappa shape index (κ2) is 3.88. The molecule has 5 heteroatoms. The van der Waals surface area contributed by atoms with Crippen LogP contribution in [0, 0.1) is 0 Å². The molecule has 0 aliphatic carbocycles. The Hall–Kier alpha value is -0.390. The molecule has 1 aromatic carbocycles. The lowest BCUT2D eigenvalue weighted by atomic mass is 10.2. The molecule has 0 aliphatic heterocycles. The zero-order chi connectivity index (χ0) is 11.1. The average molecular weight is 305 g/mol. The molecular formula is C10H9BrO2S2. The maximum atomic E-state index is 11.2. The average Bonchev–Trinajstić information content (AvgIpc) is 2.45. The Labute approximate surface area is 101 Å². The van der Waals surface area contributed by atoms with Gasteiger partial charge in [-0.2, -0.15) is 0 Å². The molecular weight excluding hydrogens is 296 g/mol. The molecule has 1 aromatic heterocycles. The summed E-state index contributed by atoms with van der Waals surface area (Å²) in [5.41, 5.74) is 0. The van der Waals surface area contributed by atoms with Crippen molar-refractivity contribution in [3.8, 4) is 0 Å². The standard InChI is InChI=1S/C10H9BrO2S2/c1-15(12,13)6-8-5-7-3-2-4-9(11)10(7)14-8/h2-5H,6H2,1H3. The van der Waals surface area contributed by atoms with Gasteiger partial charge in [-0.3, -0.25) is 0 Å². The molecule has 0 saturated carbocycles. The lowest BCUT2D eigenvalue weighted by Crippen LogP contribution is -1.98. The van der Waals surface area contributed by atoms with Gasteiger partial charge in [0.15, 0.2) is 9.84 Å². The monoisotopic (exact) mass is 304 g/mol. The highest BCUT2D eigenvalue weighted by atomic mass is 79.9. The Bertz CT molecular complexity index is 599. The fourth-order valence-corrected chi connectivity index (χ4v) is 4.37. The first-order valence-electron chi connectivity index (χ1n) is 4.30. The van der Waals surface area contributed by atoms with Gasteiger partial charge in [0.1, 0.15) is 0 Å². The second-order valence-electron chi connectivity index (χ2n) is 3.44.